The maximum Gasteiger partial charge on any atom is 0.262 e. The average Bonchev–Trinajstić information content (AvgIpc) is 2.74. The Balaban J connectivity index is 1.34. The number of carbonyl (C=O) groups excluding carboxylic acids is 1. The molecule has 2 N–H and O–H groups in total. The molecule has 0 spiro atoms. The van der Waals surface area contributed by atoms with E-state index >= 15 is 0 Å². The van der Waals surface area contributed by atoms with E-state index in [0.29, 0.717) is 5.75 Å². The molecule has 0 saturated carbocycles. The van der Waals surface area contributed by atoms with Crippen LogP contribution < -0.4 is 15.4 Å². The molecule has 28 heavy (non-hydrogen) atoms. The molecule has 0 saturated heterocycles. The summed E-state index contributed by atoms with van der Waals surface area (Å²) < 4.78 is 5.73. The van der Waals surface area contributed by atoms with Crippen molar-refractivity contribution in [3.8, 4) is 5.75 Å². The lowest BCUT2D eigenvalue weighted by atomic mass is 10.1. The number of benzene rings is 4. The Morgan fingerprint density at radius 3 is 2.14 bits per heavy atom. The van der Waals surface area contributed by atoms with E-state index in [1.807, 2.05) is 97.1 Å². The summed E-state index contributed by atoms with van der Waals surface area (Å²) in [6, 6.07) is 31.3. The van der Waals surface area contributed by atoms with Gasteiger partial charge < -0.3 is 15.4 Å². The fourth-order valence-corrected chi connectivity index (χ4v) is 2.99. The summed E-state index contributed by atoms with van der Waals surface area (Å²) in [6.07, 6.45) is 0. The molecule has 4 aromatic carbocycles. The predicted molar refractivity (Wildman–Crippen MR) is 114 cm³/mol. The van der Waals surface area contributed by atoms with Gasteiger partial charge in [0.2, 0.25) is 0 Å². The largest absolute Gasteiger partial charge is 0.483 e. The van der Waals surface area contributed by atoms with Gasteiger partial charge in [0, 0.05) is 22.4 Å². The number of para-hydroxylation sites is 1. The first-order valence-corrected chi connectivity index (χ1v) is 9.10. The molecule has 1 amide bonds. The molecule has 0 aliphatic carbocycles. The van der Waals surface area contributed by atoms with Crippen molar-refractivity contribution in [1.29, 1.82) is 0 Å². The molecular formula is C24H20N2O2. The number of hydrogen-bond donors (Lipinski definition) is 2. The first kappa shape index (κ1) is 17.6. The molecule has 0 aliphatic rings. The van der Waals surface area contributed by atoms with Crippen LogP contribution in [0.1, 0.15) is 0 Å². The maximum absolute atomic E-state index is 12.2. The van der Waals surface area contributed by atoms with Crippen molar-refractivity contribution >= 4 is 33.7 Å². The Morgan fingerprint density at radius 2 is 1.32 bits per heavy atom. The van der Waals surface area contributed by atoms with Crippen LogP contribution >= 0.6 is 0 Å². The summed E-state index contributed by atoms with van der Waals surface area (Å²) in [7, 11) is 0. The molecule has 0 radical (unpaired) electrons. The van der Waals surface area contributed by atoms with Gasteiger partial charge in [0.05, 0.1) is 0 Å². The van der Waals surface area contributed by atoms with Gasteiger partial charge in [-0.15, -0.1) is 0 Å². The van der Waals surface area contributed by atoms with Crippen LogP contribution in [0.4, 0.5) is 17.1 Å². The fourth-order valence-electron chi connectivity index (χ4n) is 2.99. The van der Waals surface area contributed by atoms with E-state index in [-0.39, 0.29) is 12.5 Å². The molecule has 0 heterocycles. The number of hydrogen-bond acceptors (Lipinski definition) is 3. The normalized spacial score (nSPS) is 10.4. The van der Waals surface area contributed by atoms with E-state index in [1.165, 1.54) is 0 Å². The molecule has 0 atom stereocenters. The van der Waals surface area contributed by atoms with Crippen molar-refractivity contribution < 1.29 is 9.53 Å². The molecule has 138 valence electrons. The molecule has 4 aromatic rings. The van der Waals surface area contributed by atoms with Gasteiger partial charge >= 0.3 is 0 Å². The van der Waals surface area contributed by atoms with Crippen LogP contribution in [-0.4, -0.2) is 12.5 Å². The highest BCUT2D eigenvalue weighted by Crippen LogP contribution is 2.25. The minimum absolute atomic E-state index is 0.0436. The molecule has 4 heteroatoms. The van der Waals surface area contributed by atoms with Crippen LogP contribution in [0.2, 0.25) is 0 Å². The summed E-state index contributed by atoms with van der Waals surface area (Å²) in [4.78, 5) is 12.2. The predicted octanol–water partition coefficient (Wildman–Crippen LogP) is 5.60. The first-order valence-electron chi connectivity index (χ1n) is 9.10. The minimum Gasteiger partial charge on any atom is -0.483 e. The summed E-state index contributed by atoms with van der Waals surface area (Å²) >= 11 is 0. The van der Waals surface area contributed by atoms with E-state index in [1.54, 1.807) is 0 Å². The second kappa shape index (κ2) is 8.27. The summed E-state index contributed by atoms with van der Waals surface area (Å²) in [5.41, 5.74) is 2.70. The number of nitrogens with one attached hydrogen (secondary N) is 2. The zero-order valence-corrected chi connectivity index (χ0v) is 15.3. The molecule has 4 rings (SSSR count). The van der Waals surface area contributed by atoms with Gasteiger partial charge in [-0.2, -0.15) is 0 Å². The summed E-state index contributed by atoms with van der Waals surface area (Å²) in [6.45, 7) is -0.0436. The van der Waals surface area contributed by atoms with Gasteiger partial charge in [0.15, 0.2) is 6.61 Å². The molecule has 4 nitrogen and oxygen atoms in total. The number of fused-ring (bicyclic) bond motifs is 1. The van der Waals surface area contributed by atoms with Crippen LogP contribution in [0, 0.1) is 0 Å². The van der Waals surface area contributed by atoms with Gasteiger partial charge in [0.25, 0.3) is 5.91 Å². The molecule has 0 aromatic heterocycles. The maximum atomic E-state index is 12.2. The van der Waals surface area contributed by atoms with E-state index in [9.17, 15) is 4.79 Å². The number of amides is 1. The smallest absolute Gasteiger partial charge is 0.262 e. The van der Waals surface area contributed by atoms with Crippen LogP contribution in [0.5, 0.6) is 5.75 Å². The number of rotatable bonds is 6. The molecule has 0 aliphatic heterocycles. The highest BCUT2D eigenvalue weighted by atomic mass is 16.5. The monoisotopic (exact) mass is 368 g/mol. The molecule has 0 fully saturated rings. The van der Waals surface area contributed by atoms with Crippen LogP contribution in [-0.2, 0) is 4.79 Å². The van der Waals surface area contributed by atoms with Crippen molar-refractivity contribution in [3.05, 3.63) is 97.1 Å². The standard InChI is InChI=1S/C24H20N2O2/c27-24(17-28-23-12-6-8-18-7-4-5-11-22(18)23)26-21-15-13-20(14-16-21)25-19-9-2-1-3-10-19/h1-16,25H,17H2,(H,26,27). The molecule has 0 bridgehead atoms. The van der Waals surface area contributed by atoms with E-state index in [4.69, 9.17) is 4.74 Å². The van der Waals surface area contributed by atoms with Crippen molar-refractivity contribution in [1.82, 2.24) is 0 Å². The lowest BCUT2D eigenvalue weighted by Gasteiger charge is -2.11. The van der Waals surface area contributed by atoms with Gasteiger partial charge in [0.1, 0.15) is 5.75 Å². The van der Waals surface area contributed by atoms with E-state index in [0.717, 1.165) is 27.8 Å². The van der Waals surface area contributed by atoms with Gasteiger partial charge in [-0.05, 0) is 47.9 Å². The Hall–Kier alpha value is -3.79. The van der Waals surface area contributed by atoms with Gasteiger partial charge in [-0.25, -0.2) is 0 Å². The zero-order chi connectivity index (χ0) is 19.2. The Bertz CT molecular complexity index is 1070. The Labute approximate surface area is 163 Å². The number of ether oxygens (including phenoxy) is 1. The molecular weight excluding hydrogens is 348 g/mol. The van der Waals surface area contributed by atoms with Crippen LogP contribution in [0.25, 0.3) is 10.8 Å². The van der Waals surface area contributed by atoms with E-state index < -0.39 is 0 Å². The third kappa shape index (κ3) is 4.30. The Morgan fingerprint density at radius 1 is 0.679 bits per heavy atom. The minimum atomic E-state index is -0.197. The second-order valence-electron chi connectivity index (χ2n) is 6.38. The van der Waals surface area contributed by atoms with Crippen molar-refractivity contribution in [2.75, 3.05) is 17.2 Å². The van der Waals surface area contributed by atoms with Crippen molar-refractivity contribution in [2.45, 2.75) is 0 Å². The second-order valence-corrected chi connectivity index (χ2v) is 6.38. The quantitative estimate of drug-likeness (QED) is 0.466. The summed E-state index contributed by atoms with van der Waals surface area (Å²) in [5, 5.41) is 8.25. The number of anilines is 3. The lowest BCUT2D eigenvalue weighted by molar-refractivity contribution is -0.118. The van der Waals surface area contributed by atoms with Gasteiger partial charge in [-0.1, -0.05) is 54.6 Å². The molecule has 0 unspecified atom stereocenters. The SMILES string of the molecule is O=C(COc1cccc2ccccc12)Nc1ccc(Nc2ccccc2)cc1. The zero-order valence-electron chi connectivity index (χ0n) is 15.3. The topological polar surface area (TPSA) is 50.4 Å². The summed E-state index contributed by atoms with van der Waals surface area (Å²) in [5.74, 6) is 0.507. The first-order chi connectivity index (χ1) is 13.8. The van der Waals surface area contributed by atoms with Crippen LogP contribution in [0.15, 0.2) is 97.1 Å². The third-order valence-electron chi connectivity index (χ3n) is 4.34. The highest BCUT2D eigenvalue weighted by Gasteiger charge is 2.06. The average molecular weight is 368 g/mol. The lowest BCUT2D eigenvalue weighted by Crippen LogP contribution is -2.20. The third-order valence-corrected chi connectivity index (χ3v) is 4.34. The van der Waals surface area contributed by atoms with Crippen molar-refractivity contribution in [2.24, 2.45) is 0 Å². The van der Waals surface area contributed by atoms with E-state index in [2.05, 4.69) is 10.6 Å². The highest BCUT2D eigenvalue weighted by molar-refractivity contribution is 5.93. The van der Waals surface area contributed by atoms with Crippen molar-refractivity contribution in [3.63, 3.8) is 0 Å². The van der Waals surface area contributed by atoms with Crippen LogP contribution in [0.3, 0.4) is 0 Å². The number of carbonyl (C=O) groups is 1. The Kier molecular flexibility index (Phi) is 5.20. The van der Waals surface area contributed by atoms with Gasteiger partial charge in [-0.3, -0.25) is 4.79 Å². The fraction of sp³-hybridized carbons (Fsp3) is 0.0417.